The van der Waals surface area contributed by atoms with Gasteiger partial charge in [-0.25, -0.2) is 4.98 Å². The molecule has 0 bridgehead atoms. The first-order valence-electron chi connectivity index (χ1n) is 7.08. The molecule has 0 spiro atoms. The minimum absolute atomic E-state index is 0.0813. The zero-order valence-electron chi connectivity index (χ0n) is 12.7. The average Bonchev–Trinajstić information content (AvgIpc) is 2.90. The maximum atomic E-state index is 5.78. The fraction of sp³-hybridized carbons (Fsp3) is 0.235. The Morgan fingerprint density at radius 1 is 1.14 bits per heavy atom. The summed E-state index contributed by atoms with van der Waals surface area (Å²) in [6.07, 6.45) is 0.0813. The molecule has 1 N–H and O–H groups in total. The van der Waals surface area contributed by atoms with Crippen LogP contribution in [0.4, 0.5) is 0 Å². The standard InChI is InChI=1S/C17H17BrN2O2/c1-10(2)22-16-9-12(18)11(8-15(16)21-3)17-19-13-6-4-5-7-14(13)20-17/h4-10H,1-3H3,(H,19,20). The van der Waals surface area contributed by atoms with Crippen LogP contribution >= 0.6 is 15.9 Å². The smallest absolute Gasteiger partial charge is 0.162 e. The quantitative estimate of drug-likeness (QED) is 0.727. The Kier molecular flexibility index (Phi) is 4.07. The highest BCUT2D eigenvalue weighted by Crippen LogP contribution is 2.38. The van der Waals surface area contributed by atoms with E-state index in [9.17, 15) is 0 Å². The first kappa shape index (κ1) is 14.9. The van der Waals surface area contributed by atoms with Crippen LogP contribution < -0.4 is 9.47 Å². The fourth-order valence-electron chi connectivity index (χ4n) is 2.30. The molecule has 0 fully saturated rings. The van der Waals surface area contributed by atoms with Crippen molar-refractivity contribution < 1.29 is 9.47 Å². The first-order chi connectivity index (χ1) is 10.6. The number of para-hydroxylation sites is 2. The molecule has 3 aromatic rings. The van der Waals surface area contributed by atoms with Gasteiger partial charge in [-0.2, -0.15) is 0 Å². The molecule has 2 aromatic carbocycles. The highest BCUT2D eigenvalue weighted by atomic mass is 79.9. The highest BCUT2D eigenvalue weighted by Gasteiger charge is 2.15. The van der Waals surface area contributed by atoms with E-state index in [1.54, 1.807) is 7.11 Å². The van der Waals surface area contributed by atoms with Crippen LogP contribution in [0, 0.1) is 0 Å². The van der Waals surface area contributed by atoms with Gasteiger partial charge >= 0.3 is 0 Å². The lowest BCUT2D eigenvalue weighted by atomic mass is 10.2. The van der Waals surface area contributed by atoms with Crippen molar-refractivity contribution in [3.05, 3.63) is 40.9 Å². The van der Waals surface area contributed by atoms with E-state index in [0.29, 0.717) is 11.5 Å². The molecule has 0 saturated carbocycles. The minimum atomic E-state index is 0.0813. The maximum absolute atomic E-state index is 5.78. The molecule has 3 rings (SSSR count). The van der Waals surface area contributed by atoms with Crippen molar-refractivity contribution in [2.45, 2.75) is 20.0 Å². The molecule has 1 heterocycles. The van der Waals surface area contributed by atoms with Crippen LogP contribution in [0.3, 0.4) is 0 Å². The van der Waals surface area contributed by atoms with E-state index in [1.165, 1.54) is 0 Å². The second-order valence-corrected chi connectivity index (χ2v) is 6.11. The number of aromatic amines is 1. The van der Waals surface area contributed by atoms with Gasteiger partial charge in [0.1, 0.15) is 5.82 Å². The van der Waals surface area contributed by atoms with Crippen molar-refractivity contribution in [1.82, 2.24) is 9.97 Å². The summed E-state index contributed by atoms with van der Waals surface area (Å²) in [6.45, 7) is 3.97. The van der Waals surface area contributed by atoms with Crippen LogP contribution in [0.5, 0.6) is 11.5 Å². The number of nitrogens with one attached hydrogen (secondary N) is 1. The Balaban J connectivity index is 2.10. The second-order valence-electron chi connectivity index (χ2n) is 5.25. The molecule has 1 aromatic heterocycles. The molecule has 4 nitrogen and oxygen atoms in total. The predicted octanol–water partition coefficient (Wildman–Crippen LogP) is 4.79. The van der Waals surface area contributed by atoms with E-state index in [4.69, 9.17) is 9.47 Å². The van der Waals surface area contributed by atoms with Crippen LogP contribution in [-0.4, -0.2) is 23.2 Å². The summed E-state index contributed by atoms with van der Waals surface area (Å²) in [7, 11) is 1.64. The number of aromatic nitrogens is 2. The van der Waals surface area contributed by atoms with E-state index in [2.05, 4.69) is 25.9 Å². The normalized spacial score (nSPS) is 11.1. The zero-order valence-corrected chi connectivity index (χ0v) is 14.3. The average molecular weight is 361 g/mol. The van der Waals surface area contributed by atoms with Crippen LogP contribution in [-0.2, 0) is 0 Å². The van der Waals surface area contributed by atoms with Gasteiger partial charge in [-0.05, 0) is 54.0 Å². The number of H-pyrrole nitrogens is 1. The van der Waals surface area contributed by atoms with Gasteiger partial charge in [0.2, 0.25) is 0 Å². The van der Waals surface area contributed by atoms with Crippen LogP contribution in [0.2, 0.25) is 0 Å². The van der Waals surface area contributed by atoms with Gasteiger partial charge in [-0.15, -0.1) is 0 Å². The van der Waals surface area contributed by atoms with Gasteiger partial charge < -0.3 is 14.5 Å². The third-order valence-electron chi connectivity index (χ3n) is 3.26. The molecule has 22 heavy (non-hydrogen) atoms. The number of imidazole rings is 1. The van der Waals surface area contributed by atoms with Crippen molar-refractivity contribution in [3.8, 4) is 22.9 Å². The Morgan fingerprint density at radius 2 is 1.91 bits per heavy atom. The molecular formula is C17H17BrN2O2. The predicted molar refractivity (Wildman–Crippen MR) is 91.5 cm³/mol. The van der Waals surface area contributed by atoms with Crippen molar-refractivity contribution in [1.29, 1.82) is 0 Å². The zero-order chi connectivity index (χ0) is 15.7. The molecular weight excluding hydrogens is 344 g/mol. The molecule has 0 unspecified atom stereocenters. The number of nitrogens with zero attached hydrogens (tertiary/aromatic N) is 1. The Bertz CT molecular complexity index is 779. The largest absolute Gasteiger partial charge is 0.493 e. The van der Waals surface area contributed by atoms with Gasteiger partial charge in [0.25, 0.3) is 0 Å². The van der Waals surface area contributed by atoms with E-state index in [0.717, 1.165) is 26.9 Å². The number of halogens is 1. The van der Waals surface area contributed by atoms with Crippen molar-refractivity contribution in [3.63, 3.8) is 0 Å². The number of ether oxygens (including phenoxy) is 2. The summed E-state index contributed by atoms with van der Waals surface area (Å²) < 4.78 is 12.1. The minimum Gasteiger partial charge on any atom is -0.493 e. The highest BCUT2D eigenvalue weighted by molar-refractivity contribution is 9.10. The Morgan fingerprint density at radius 3 is 2.59 bits per heavy atom. The maximum Gasteiger partial charge on any atom is 0.162 e. The van der Waals surface area contributed by atoms with E-state index in [-0.39, 0.29) is 6.10 Å². The molecule has 0 aliphatic carbocycles. The van der Waals surface area contributed by atoms with Gasteiger partial charge in [0, 0.05) is 10.0 Å². The summed E-state index contributed by atoms with van der Waals surface area (Å²) in [5, 5.41) is 0. The first-order valence-corrected chi connectivity index (χ1v) is 7.87. The van der Waals surface area contributed by atoms with Crippen LogP contribution in [0.25, 0.3) is 22.4 Å². The van der Waals surface area contributed by atoms with Crippen molar-refractivity contribution >= 4 is 27.0 Å². The third-order valence-corrected chi connectivity index (χ3v) is 3.92. The fourth-order valence-corrected chi connectivity index (χ4v) is 2.81. The number of rotatable bonds is 4. The number of methoxy groups -OCH3 is 1. The summed E-state index contributed by atoms with van der Waals surface area (Å²) in [5.74, 6) is 2.19. The SMILES string of the molecule is COc1cc(-c2nc3ccccc3[nH]2)c(Br)cc1OC(C)C. The molecule has 0 atom stereocenters. The van der Waals surface area contributed by atoms with E-state index in [1.807, 2.05) is 50.2 Å². The van der Waals surface area contributed by atoms with Crippen LogP contribution in [0.15, 0.2) is 40.9 Å². The monoisotopic (exact) mass is 360 g/mol. The number of benzene rings is 2. The van der Waals surface area contributed by atoms with Gasteiger partial charge in [0.15, 0.2) is 11.5 Å². The van der Waals surface area contributed by atoms with Gasteiger partial charge in [-0.1, -0.05) is 12.1 Å². The second kappa shape index (κ2) is 6.01. The summed E-state index contributed by atoms with van der Waals surface area (Å²) in [6, 6.07) is 11.8. The molecule has 0 aliphatic rings. The Hall–Kier alpha value is -2.01. The molecule has 0 aliphatic heterocycles. The number of fused-ring (bicyclic) bond motifs is 1. The lowest BCUT2D eigenvalue weighted by Crippen LogP contribution is -2.07. The van der Waals surface area contributed by atoms with Crippen LogP contribution in [0.1, 0.15) is 13.8 Å². The summed E-state index contributed by atoms with van der Waals surface area (Å²) in [4.78, 5) is 7.95. The van der Waals surface area contributed by atoms with E-state index < -0.39 is 0 Å². The summed E-state index contributed by atoms with van der Waals surface area (Å²) >= 11 is 3.60. The molecule has 0 saturated heterocycles. The van der Waals surface area contributed by atoms with Gasteiger partial charge in [0.05, 0.1) is 24.2 Å². The molecule has 0 radical (unpaired) electrons. The lowest BCUT2D eigenvalue weighted by Gasteiger charge is -2.15. The van der Waals surface area contributed by atoms with Crippen molar-refractivity contribution in [2.75, 3.05) is 7.11 Å². The molecule has 0 amide bonds. The van der Waals surface area contributed by atoms with Gasteiger partial charge in [-0.3, -0.25) is 0 Å². The number of hydrogen-bond donors (Lipinski definition) is 1. The number of hydrogen-bond acceptors (Lipinski definition) is 3. The van der Waals surface area contributed by atoms with Crippen molar-refractivity contribution in [2.24, 2.45) is 0 Å². The summed E-state index contributed by atoms with van der Waals surface area (Å²) in [5.41, 5.74) is 2.88. The lowest BCUT2D eigenvalue weighted by molar-refractivity contribution is 0.230. The molecule has 5 heteroatoms. The van der Waals surface area contributed by atoms with E-state index >= 15 is 0 Å². The topological polar surface area (TPSA) is 47.1 Å². The Labute approximate surface area is 137 Å². The third kappa shape index (κ3) is 2.81. The molecule has 114 valence electrons.